The van der Waals surface area contributed by atoms with Crippen LogP contribution in [0.4, 0.5) is 0 Å². The molecule has 11 aromatic rings. The van der Waals surface area contributed by atoms with Crippen LogP contribution in [-0.2, 0) is 6.42 Å². The van der Waals surface area contributed by atoms with Crippen molar-refractivity contribution in [2.75, 3.05) is 0 Å². The summed E-state index contributed by atoms with van der Waals surface area (Å²) in [7, 11) is 0. The number of unbranched alkanes of at least 4 members (excludes halogenated alkanes) is 1. The summed E-state index contributed by atoms with van der Waals surface area (Å²) in [5.41, 5.74) is 13.6. The zero-order valence-electron chi connectivity index (χ0n) is 30.7. The first-order chi connectivity index (χ1) is 27.2. The monoisotopic (exact) mass is 722 g/mol. The number of aromatic nitrogens is 2. The number of benzene rings is 8. The number of hydrogen-bond acceptors (Lipinski definition) is 1. The van der Waals surface area contributed by atoms with Gasteiger partial charge in [-0.2, -0.15) is 0 Å². The van der Waals surface area contributed by atoms with E-state index in [9.17, 15) is 0 Å². The molecular weight excluding hydrogens is 685 g/mol. The van der Waals surface area contributed by atoms with Crippen LogP contribution in [0.2, 0.25) is 0 Å². The molecule has 3 heteroatoms. The molecule has 0 aliphatic rings. The van der Waals surface area contributed by atoms with Crippen LogP contribution in [0.3, 0.4) is 0 Å². The minimum Gasteiger partial charge on any atom is -0.309 e. The Balaban J connectivity index is 1.00. The highest BCUT2D eigenvalue weighted by Gasteiger charge is 2.17. The van der Waals surface area contributed by atoms with Gasteiger partial charge in [-0.3, -0.25) is 0 Å². The van der Waals surface area contributed by atoms with Gasteiger partial charge < -0.3 is 9.13 Å². The molecule has 3 heterocycles. The van der Waals surface area contributed by atoms with Crippen LogP contribution in [0.15, 0.2) is 176 Å². The predicted molar refractivity (Wildman–Crippen MR) is 237 cm³/mol. The lowest BCUT2D eigenvalue weighted by atomic mass is 9.99. The highest BCUT2D eigenvalue weighted by molar-refractivity contribution is 7.25. The molecule has 0 aliphatic heterocycles. The molecule has 0 fully saturated rings. The molecule has 55 heavy (non-hydrogen) atoms. The van der Waals surface area contributed by atoms with Crippen LogP contribution in [0.1, 0.15) is 25.3 Å². The Hall–Kier alpha value is -6.42. The van der Waals surface area contributed by atoms with Crippen LogP contribution >= 0.6 is 11.3 Å². The molecule has 0 amide bonds. The van der Waals surface area contributed by atoms with E-state index >= 15 is 0 Å². The Labute approximate surface area is 324 Å². The van der Waals surface area contributed by atoms with E-state index in [4.69, 9.17) is 0 Å². The van der Waals surface area contributed by atoms with Crippen LogP contribution in [0.5, 0.6) is 0 Å². The molecule has 0 spiro atoms. The fraction of sp³-hybridized carbons (Fsp3) is 0.0769. The van der Waals surface area contributed by atoms with Crippen LogP contribution in [-0.4, -0.2) is 9.13 Å². The van der Waals surface area contributed by atoms with Gasteiger partial charge in [0.25, 0.3) is 0 Å². The summed E-state index contributed by atoms with van der Waals surface area (Å²) in [4.78, 5) is 0. The zero-order chi connectivity index (χ0) is 36.5. The van der Waals surface area contributed by atoms with Crippen molar-refractivity contribution in [2.24, 2.45) is 0 Å². The molecule has 0 radical (unpaired) electrons. The van der Waals surface area contributed by atoms with Gasteiger partial charge in [0.15, 0.2) is 0 Å². The average Bonchev–Trinajstić information content (AvgIpc) is 3.90. The smallest absolute Gasteiger partial charge is 0.0541 e. The molecule has 2 nitrogen and oxygen atoms in total. The Kier molecular flexibility index (Phi) is 7.50. The number of aryl methyl sites for hydroxylation is 1. The topological polar surface area (TPSA) is 9.86 Å². The van der Waals surface area contributed by atoms with E-state index in [1.807, 2.05) is 11.3 Å². The first kappa shape index (κ1) is 32.0. The number of thiophene rings is 1. The first-order valence-corrected chi connectivity index (χ1v) is 20.2. The first-order valence-electron chi connectivity index (χ1n) is 19.4. The van der Waals surface area contributed by atoms with E-state index in [-0.39, 0.29) is 0 Å². The second-order valence-corrected chi connectivity index (χ2v) is 15.8. The van der Waals surface area contributed by atoms with Crippen molar-refractivity contribution in [3.63, 3.8) is 0 Å². The molecule has 11 rings (SSSR count). The van der Waals surface area contributed by atoms with Crippen molar-refractivity contribution in [1.82, 2.24) is 9.13 Å². The van der Waals surface area contributed by atoms with Crippen molar-refractivity contribution in [3.05, 3.63) is 181 Å². The number of rotatable bonds is 7. The quantitative estimate of drug-likeness (QED) is 0.155. The molecule has 0 saturated carbocycles. The van der Waals surface area contributed by atoms with E-state index in [0.29, 0.717) is 0 Å². The maximum absolute atomic E-state index is 2.42. The summed E-state index contributed by atoms with van der Waals surface area (Å²) in [6.07, 6.45) is 3.57. The van der Waals surface area contributed by atoms with E-state index in [1.165, 1.54) is 110 Å². The fourth-order valence-electron chi connectivity index (χ4n) is 8.86. The van der Waals surface area contributed by atoms with Crippen molar-refractivity contribution < 1.29 is 0 Å². The SMILES string of the molecule is CCCCc1ccc(-n2c3ccccc3c3cc(-c4ccc5c(c4)c4ccccc4n5-c4ccc(-c5cccc6sc7ccccc7c56)cc4)ccc32)cc1. The normalized spacial score (nSPS) is 11.9. The third-order valence-electron chi connectivity index (χ3n) is 11.5. The number of nitrogens with zero attached hydrogens (tertiary/aromatic N) is 2. The van der Waals surface area contributed by atoms with E-state index < -0.39 is 0 Å². The highest BCUT2D eigenvalue weighted by Crippen LogP contribution is 2.41. The van der Waals surface area contributed by atoms with Gasteiger partial charge in [0.05, 0.1) is 22.1 Å². The molecule has 0 atom stereocenters. The fourth-order valence-corrected chi connectivity index (χ4v) is 9.99. The second-order valence-electron chi connectivity index (χ2n) is 14.8. The Morgan fingerprint density at radius 2 is 0.927 bits per heavy atom. The lowest BCUT2D eigenvalue weighted by Gasteiger charge is -2.11. The summed E-state index contributed by atoms with van der Waals surface area (Å²) >= 11 is 1.87. The van der Waals surface area contributed by atoms with Crippen LogP contribution < -0.4 is 0 Å². The largest absolute Gasteiger partial charge is 0.309 e. The molecule has 3 aromatic heterocycles. The average molecular weight is 723 g/mol. The van der Waals surface area contributed by atoms with E-state index in [2.05, 4.69) is 192 Å². The number of para-hydroxylation sites is 2. The van der Waals surface area contributed by atoms with Gasteiger partial charge in [-0.25, -0.2) is 0 Å². The third kappa shape index (κ3) is 5.15. The predicted octanol–water partition coefficient (Wildman–Crippen LogP) is 14.9. The summed E-state index contributed by atoms with van der Waals surface area (Å²) in [6.45, 7) is 2.26. The number of hydrogen-bond donors (Lipinski definition) is 0. The van der Waals surface area contributed by atoms with Crippen molar-refractivity contribution in [3.8, 4) is 33.6 Å². The van der Waals surface area contributed by atoms with Gasteiger partial charge in [-0.1, -0.05) is 116 Å². The molecule has 8 aromatic carbocycles. The zero-order valence-corrected chi connectivity index (χ0v) is 31.5. The summed E-state index contributed by atoms with van der Waals surface area (Å²) in [5.74, 6) is 0. The Bertz CT molecular complexity index is 3230. The van der Waals surface area contributed by atoms with Crippen LogP contribution in [0.25, 0.3) is 97.4 Å². The molecule has 0 unspecified atom stereocenters. The van der Waals surface area contributed by atoms with Gasteiger partial charge in [-0.05, 0) is 113 Å². The molecule has 0 saturated heterocycles. The third-order valence-corrected chi connectivity index (χ3v) is 12.7. The molecular formula is C52H38N2S. The maximum atomic E-state index is 2.42. The second kappa shape index (κ2) is 12.9. The molecule has 0 aliphatic carbocycles. The van der Waals surface area contributed by atoms with Crippen molar-refractivity contribution in [2.45, 2.75) is 26.2 Å². The van der Waals surface area contributed by atoms with Crippen molar-refractivity contribution >= 4 is 75.1 Å². The highest BCUT2D eigenvalue weighted by atomic mass is 32.1. The maximum Gasteiger partial charge on any atom is 0.0541 e. The molecule has 0 bridgehead atoms. The van der Waals surface area contributed by atoms with Crippen molar-refractivity contribution in [1.29, 1.82) is 0 Å². The summed E-state index contributed by atoms with van der Waals surface area (Å²) in [5, 5.41) is 7.75. The Morgan fingerprint density at radius 1 is 0.418 bits per heavy atom. The van der Waals surface area contributed by atoms with Gasteiger partial charge >= 0.3 is 0 Å². The minimum absolute atomic E-state index is 1.13. The van der Waals surface area contributed by atoms with E-state index in [0.717, 1.165) is 12.1 Å². The minimum atomic E-state index is 1.13. The standard InChI is InChI=1S/C52H38N2S/c1-2-3-11-34-20-26-38(27-21-34)53-46-16-7-4-12-41(46)44-32-36(24-30-48(44)53)37-25-31-49-45(33-37)42-13-5-8-17-47(42)54(49)39-28-22-35(23-29-39)40-15-10-19-51-52(40)43-14-6-9-18-50(43)55-51/h4-10,12-33H,2-3,11H2,1H3. The summed E-state index contributed by atoms with van der Waals surface area (Å²) in [6, 6.07) is 65.4. The lowest BCUT2D eigenvalue weighted by Crippen LogP contribution is -1.94. The van der Waals surface area contributed by atoms with Gasteiger partial charge in [-0.15, -0.1) is 11.3 Å². The Morgan fingerprint density at radius 3 is 1.55 bits per heavy atom. The number of fused-ring (bicyclic) bond motifs is 9. The van der Waals surface area contributed by atoms with Gasteiger partial charge in [0, 0.05) is 53.1 Å². The van der Waals surface area contributed by atoms with Gasteiger partial charge in [0.1, 0.15) is 0 Å². The van der Waals surface area contributed by atoms with Crippen LogP contribution in [0, 0.1) is 0 Å². The van der Waals surface area contributed by atoms with Gasteiger partial charge in [0.2, 0.25) is 0 Å². The molecule has 0 N–H and O–H groups in total. The molecule has 262 valence electrons. The lowest BCUT2D eigenvalue weighted by molar-refractivity contribution is 0.795. The summed E-state index contributed by atoms with van der Waals surface area (Å²) < 4.78 is 7.51. The van der Waals surface area contributed by atoms with E-state index in [1.54, 1.807) is 0 Å².